The molecule has 2 atom stereocenters. The van der Waals surface area contributed by atoms with Crippen molar-refractivity contribution in [3.05, 3.63) is 151 Å². The Morgan fingerprint density at radius 3 is 1.94 bits per heavy atom. The zero-order valence-corrected chi connectivity index (χ0v) is 29.1. The van der Waals surface area contributed by atoms with E-state index in [2.05, 4.69) is 158 Å². The molecule has 11 rings (SSSR count). The van der Waals surface area contributed by atoms with Crippen molar-refractivity contribution < 1.29 is 0 Å². The van der Waals surface area contributed by atoms with E-state index in [0.29, 0.717) is 0 Å². The van der Waals surface area contributed by atoms with Crippen molar-refractivity contribution in [1.82, 2.24) is 4.98 Å². The highest BCUT2D eigenvalue weighted by molar-refractivity contribution is 6.28. The highest BCUT2D eigenvalue weighted by Gasteiger charge is 2.58. The molecular weight excluding hydrogens is 617 g/mol. The number of rotatable bonds is 3. The van der Waals surface area contributed by atoms with Gasteiger partial charge in [0.1, 0.15) is 5.82 Å². The third-order valence-electron chi connectivity index (χ3n) is 13.0. The first-order valence-electron chi connectivity index (χ1n) is 18.5. The molecule has 2 heterocycles. The fourth-order valence-electron chi connectivity index (χ4n) is 10.3. The van der Waals surface area contributed by atoms with Gasteiger partial charge in [-0.05, 0) is 114 Å². The quantitative estimate of drug-likeness (QED) is 0.176. The van der Waals surface area contributed by atoms with Crippen LogP contribution in [0.3, 0.4) is 0 Å². The molecule has 2 aliphatic rings. The maximum absolute atomic E-state index is 5.10. The minimum absolute atomic E-state index is 0.00631. The Kier molecular flexibility index (Phi) is 5.92. The number of anilines is 2. The number of fused-ring (bicyclic) bond motifs is 5. The summed E-state index contributed by atoms with van der Waals surface area (Å²) in [6.07, 6.45) is 6.81. The topological polar surface area (TPSA) is 16.1 Å². The molecule has 1 fully saturated rings. The van der Waals surface area contributed by atoms with Crippen molar-refractivity contribution in [1.29, 1.82) is 0 Å². The first-order valence-corrected chi connectivity index (χ1v) is 18.5. The van der Waals surface area contributed by atoms with E-state index in [1.165, 1.54) is 107 Å². The van der Waals surface area contributed by atoms with Gasteiger partial charge in [-0.3, -0.25) is 0 Å². The molecular formula is C49H38N2. The molecule has 0 spiro atoms. The number of pyridine rings is 1. The molecule has 0 saturated heterocycles. The van der Waals surface area contributed by atoms with Crippen LogP contribution in [0.15, 0.2) is 146 Å². The lowest BCUT2D eigenvalue weighted by atomic mass is 9.61. The summed E-state index contributed by atoms with van der Waals surface area (Å²) in [4.78, 5) is 7.71. The summed E-state index contributed by atoms with van der Waals surface area (Å²) in [5.41, 5.74) is 7.90. The fourth-order valence-corrected chi connectivity index (χ4v) is 10.3. The van der Waals surface area contributed by atoms with Crippen LogP contribution in [0.5, 0.6) is 0 Å². The Bertz CT molecular complexity index is 2860. The minimum Gasteiger partial charge on any atom is -0.319 e. The summed E-state index contributed by atoms with van der Waals surface area (Å²) in [6.45, 7) is 5.03. The number of benzene rings is 8. The van der Waals surface area contributed by atoms with Gasteiger partial charge in [-0.15, -0.1) is 0 Å². The predicted molar refractivity (Wildman–Crippen MR) is 217 cm³/mol. The fraction of sp³-hybridized carbons (Fsp3) is 0.163. The maximum Gasteiger partial charge on any atom is 0.141 e. The van der Waals surface area contributed by atoms with Gasteiger partial charge < -0.3 is 4.90 Å². The third-order valence-corrected chi connectivity index (χ3v) is 13.0. The second kappa shape index (κ2) is 10.4. The number of hydrogen-bond acceptors (Lipinski definition) is 2. The second-order valence-corrected chi connectivity index (χ2v) is 15.4. The number of hydrogen-bond donors (Lipinski definition) is 0. The van der Waals surface area contributed by atoms with Crippen molar-refractivity contribution in [2.24, 2.45) is 0 Å². The Morgan fingerprint density at radius 2 is 1.14 bits per heavy atom. The van der Waals surface area contributed by atoms with Crippen molar-refractivity contribution in [2.45, 2.75) is 50.5 Å². The van der Waals surface area contributed by atoms with E-state index in [1.54, 1.807) is 0 Å². The van der Waals surface area contributed by atoms with Crippen LogP contribution in [0.25, 0.3) is 76.1 Å². The second-order valence-electron chi connectivity index (χ2n) is 15.4. The standard InChI is InChI=1S/C49H38N2/c1-48-27-7-8-28-49(48,2)51(47-38-14-6-4-11-32(38)26-29-50-47)44-25-20-35(30-43(44)48)37-21-16-33-19-24-42-40(22-17-34-18-23-41(37)45(33)46(34)42)39-15-9-12-31-10-3-5-13-36(31)39/h3-6,9-26,29-30H,7-8,27-28H2,1-2H3. The molecule has 0 N–H and O–H groups in total. The van der Waals surface area contributed by atoms with Crippen molar-refractivity contribution in [3.63, 3.8) is 0 Å². The van der Waals surface area contributed by atoms with E-state index in [-0.39, 0.29) is 11.0 Å². The van der Waals surface area contributed by atoms with Crippen LogP contribution in [0.4, 0.5) is 11.5 Å². The van der Waals surface area contributed by atoms with E-state index < -0.39 is 0 Å². The molecule has 1 aromatic heterocycles. The van der Waals surface area contributed by atoms with Gasteiger partial charge in [0.2, 0.25) is 0 Å². The van der Waals surface area contributed by atoms with Gasteiger partial charge in [0, 0.05) is 22.7 Å². The zero-order chi connectivity index (χ0) is 33.9. The van der Waals surface area contributed by atoms with Gasteiger partial charge in [-0.25, -0.2) is 4.98 Å². The molecule has 0 radical (unpaired) electrons. The summed E-state index contributed by atoms with van der Waals surface area (Å²) in [5.74, 6) is 1.08. The van der Waals surface area contributed by atoms with Crippen molar-refractivity contribution >= 4 is 65.4 Å². The van der Waals surface area contributed by atoms with Gasteiger partial charge in [0.05, 0.1) is 5.54 Å². The van der Waals surface area contributed by atoms with Crippen molar-refractivity contribution in [3.8, 4) is 22.3 Å². The van der Waals surface area contributed by atoms with Gasteiger partial charge in [0.25, 0.3) is 0 Å². The van der Waals surface area contributed by atoms with E-state index in [1.807, 2.05) is 6.20 Å². The molecule has 51 heavy (non-hydrogen) atoms. The van der Waals surface area contributed by atoms with Crippen molar-refractivity contribution in [2.75, 3.05) is 4.90 Å². The molecule has 2 nitrogen and oxygen atoms in total. The smallest absolute Gasteiger partial charge is 0.141 e. The van der Waals surface area contributed by atoms with Gasteiger partial charge in [0.15, 0.2) is 0 Å². The summed E-state index contributed by atoms with van der Waals surface area (Å²) in [6, 6.07) is 52.3. The average Bonchev–Trinajstić information content (AvgIpc) is 3.39. The van der Waals surface area contributed by atoms with E-state index in [9.17, 15) is 0 Å². The molecule has 0 bridgehead atoms. The predicted octanol–water partition coefficient (Wildman–Crippen LogP) is 13.4. The van der Waals surface area contributed by atoms with Gasteiger partial charge in [-0.1, -0.05) is 141 Å². The number of aromatic nitrogens is 1. The average molecular weight is 655 g/mol. The lowest BCUT2D eigenvalue weighted by molar-refractivity contribution is 0.194. The molecule has 0 amide bonds. The lowest BCUT2D eigenvalue weighted by Gasteiger charge is -2.50. The molecule has 1 saturated carbocycles. The van der Waals surface area contributed by atoms with Crippen LogP contribution in [-0.2, 0) is 5.41 Å². The molecule has 9 aromatic rings. The summed E-state index contributed by atoms with van der Waals surface area (Å²) in [5, 5.41) is 13.0. The SMILES string of the molecule is CC12CCCCC1(C)N(c1nccc3ccccc13)c1ccc(-c3ccc4ccc5c(-c6cccc7ccccc67)ccc6ccc3c4c65)cc12. The Balaban J connectivity index is 1.13. The Hall–Kier alpha value is -5.73. The van der Waals surface area contributed by atoms with E-state index in [0.717, 1.165) is 12.2 Å². The molecule has 1 aliphatic heterocycles. The highest BCUT2D eigenvalue weighted by atomic mass is 15.3. The monoisotopic (exact) mass is 654 g/mol. The third kappa shape index (κ3) is 3.85. The summed E-state index contributed by atoms with van der Waals surface area (Å²) >= 11 is 0. The molecule has 244 valence electrons. The summed E-state index contributed by atoms with van der Waals surface area (Å²) < 4.78 is 0. The largest absolute Gasteiger partial charge is 0.319 e. The van der Waals surface area contributed by atoms with Crippen LogP contribution in [0.2, 0.25) is 0 Å². The van der Waals surface area contributed by atoms with Crippen LogP contribution in [-0.4, -0.2) is 10.5 Å². The molecule has 2 unspecified atom stereocenters. The first-order chi connectivity index (χ1) is 25.0. The highest BCUT2D eigenvalue weighted by Crippen LogP contribution is 2.61. The Labute approximate surface area is 298 Å². The lowest BCUT2D eigenvalue weighted by Crippen LogP contribution is -2.54. The molecule has 1 aliphatic carbocycles. The number of nitrogens with zero attached hydrogens (tertiary/aromatic N) is 2. The van der Waals surface area contributed by atoms with Crippen LogP contribution < -0.4 is 4.90 Å². The van der Waals surface area contributed by atoms with Crippen LogP contribution >= 0.6 is 0 Å². The maximum atomic E-state index is 5.10. The normalized spacial score (nSPS) is 20.2. The zero-order valence-electron chi connectivity index (χ0n) is 29.1. The molecule has 2 heteroatoms. The van der Waals surface area contributed by atoms with Gasteiger partial charge >= 0.3 is 0 Å². The van der Waals surface area contributed by atoms with E-state index >= 15 is 0 Å². The molecule has 8 aromatic carbocycles. The van der Waals surface area contributed by atoms with E-state index in [4.69, 9.17) is 4.98 Å². The minimum atomic E-state index is -0.0655. The summed E-state index contributed by atoms with van der Waals surface area (Å²) in [7, 11) is 0. The van der Waals surface area contributed by atoms with Gasteiger partial charge in [-0.2, -0.15) is 0 Å². The first kappa shape index (κ1) is 29.0. The Morgan fingerprint density at radius 1 is 0.510 bits per heavy atom. The van der Waals surface area contributed by atoms with Crippen LogP contribution in [0, 0.1) is 0 Å². The van der Waals surface area contributed by atoms with Crippen LogP contribution in [0.1, 0.15) is 45.1 Å².